The number of ketones is 1. The maximum Gasteiger partial charge on any atom is 0.287 e. The molecule has 1 heterocycles. The molecule has 1 amide bonds. The first kappa shape index (κ1) is 15.2. The van der Waals surface area contributed by atoms with Crippen LogP contribution in [0.1, 0.15) is 51.9 Å². The van der Waals surface area contributed by atoms with E-state index in [1.54, 1.807) is 0 Å². The van der Waals surface area contributed by atoms with Crippen molar-refractivity contribution in [2.75, 3.05) is 26.2 Å². The predicted octanol–water partition coefficient (Wildman–Crippen LogP) is 1.74. The van der Waals surface area contributed by atoms with Crippen molar-refractivity contribution in [3.05, 3.63) is 0 Å². The number of rotatable bonds is 8. The number of Topliss-reactive ketones (excluding diaryl/α,β-unsaturated/α-hetero) is 1. The Labute approximate surface area is 110 Å². The lowest BCUT2D eigenvalue weighted by Gasteiger charge is -2.26. The van der Waals surface area contributed by atoms with Gasteiger partial charge in [0.15, 0.2) is 0 Å². The van der Waals surface area contributed by atoms with Crippen molar-refractivity contribution < 1.29 is 9.59 Å². The molecular formula is C14H26N2O2. The molecule has 1 saturated heterocycles. The predicted molar refractivity (Wildman–Crippen MR) is 72.4 cm³/mol. The van der Waals surface area contributed by atoms with Gasteiger partial charge in [-0.05, 0) is 45.3 Å². The highest BCUT2D eigenvalue weighted by Gasteiger charge is 2.08. The summed E-state index contributed by atoms with van der Waals surface area (Å²) in [5, 5.41) is 2.62. The van der Waals surface area contributed by atoms with Crippen molar-refractivity contribution in [2.24, 2.45) is 0 Å². The van der Waals surface area contributed by atoms with Crippen LogP contribution in [0.25, 0.3) is 0 Å². The van der Waals surface area contributed by atoms with Crippen molar-refractivity contribution in [1.29, 1.82) is 0 Å². The summed E-state index contributed by atoms with van der Waals surface area (Å²) in [6.45, 7) is 5.69. The van der Waals surface area contributed by atoms with E-state index in [0.717, 1.165) is 12.8 Å². The number of nitrogens with one attached hydrogen (secondary N) is 1. The molecule has 1 aliphatic heterocycles. The molecule has 104 valence electrons. The molecule has 0 aromatic carbocycles. The van der Waals surface area contributed by atoms with Crippen LogP contribution in [0.3, 0.4) is 0 Å². The number of carbonyl (C=O) groups is 2. The summed E-state index contributed by atoms with van der Waals surface area (Å²) in [6.07, 6.45) is 8.68. The Morgan fingerprint density at radius 1 is 1.00 bits per heavy atom. The number of unbranched alkanes of at least 4 members (excludes halogenated alkanes) is 3. The molecule has 1 aliphatic rings. The number of hydrogen-bond acceptors (Lipinski definition) is 3. The van der Waals surface area contributed by atoms with Gasteiger partial charge in [-0.15, -0.1) is 0 Å². The summed E-state index contributed by atoms with van der Waals surface area (Å²) in [4.78, 5) is 24.2. The van der Waals surface area contributed by atoms with Gasteiger partial charge in [-0.3, -0.25) is 9.59 Å². The summed E-state index contributed by atoms with van der Waals surface area (Å²) in [5.41, 5.74) is 0. The molecule has 0 radical (unpaired) electrons. The van der Waals surface area contributed by atoms with Gasteiger partial charge < -0.3 is 10.2 Å². The Kier molecular flexibility index (Phi) is 7.65. The van der Waals surface area contributed by atoms with E-state index in [1.165, 1.54) is 58.7 Å². The first-order chi connectivity index (χ1) is 8.70. The molecule has 1 N–H and O–H groups in total. The lowest BCUT2D eigenvalue weighted by molar-refractivity contribution is -0.136. The summed E-state index contributed by atoms with van der Waals surface area (Å²) in [6, 6.07) is 0. The van der Waals surface area contributed by atoms with Gasteiger partial charge in [0.05, 0.1) is 0 Å². The monoisotopic (exact) mass is 254 g/mol. The highest BCUT2D eigenvalue weighted by atomic mass is 16.2. The quantitative estimate of drug-likeness (QED) is 0.530. The maximum atomic E-state index is 11.0. The molecule has 0 aromatic rings. The Bertz CT molecular complexity index is 261. The Balaban J connectivity index is 1.86. The smallest absolute Gasteiger partial charge is 0.287 e. The number of likely N-dealkylation sites (tertiary alicyclic amines) is 1. The lowest BCUT2D eigenvalue weighted by atomic mass is 10.1. The molecule has 0 bridgehead atoms. The largest absolute Gasteiger partial charge is 0.350 e. The molecule has 0 unspecified atom stereocenters. The lowest BCUT2D eigenvalue weighted by Crippen LogP contribution is -2.30. The average Bonchev–Trinajstić information content (AvgIpc) is 2.38. The van der Waals surface area contributed by atoms with Crippen LogP contribution in [-0.4, -0.2) is 42.8 Å². The van der Waals surface area contributed by atoms with Gasteiger partial charge in [0.1, 0.15) is 0 Å². The van der Waals surface area contributed by atoms with Crippen molar-refractivity contribution in [2.45, 2.75) is 51.9 Å². The van der Waals surface area contributed by atoms with E-state index in [1.807, 2.05) is 0 Å². The highest BCUT2D eigenvalue weighted by molar-refractivity contribution is 6.35. The second kappa shape index (κ2) is 9.09. The van der Waals surface area contributed by atoms with Gasteiger partial charge in [0.25, 0.3) is 5.91 Å². The van der Waals surface area contributed by atoms with Crippen LogP contribution in [0.5, 0.6) is 0 Å². The van der Waals surface area contributed by atoms with Crippen LogP contribution < -0.4 is 5.32 Å². The fourth-order valence-corrected chi connectivity index (χ4v) is 2.32. The molecule has 0 aromatic heterocycles. The zero-order chi connectivity index (χ0) is 13.2. The van der Waals surface area contributed by atoms with E-state index < -0.39 is 11.7 Å². The summed E-state index contributed by atoms with van der Waals surface area (Å²) in [5.74, 6) is -0.858. The van der Waals surface area contributed by atoms with Gasteiger partial charge in [-0.25, -0.2) is 0 Å². The molecular weight excluding hydrogens is 228 g/mol. The van der Waals surface area contributed by atoms with E-state index in [0.29, 0.717) is 6.54 Å². The average molecular weight is 254 g/mol. The number of amides is 1. The third kappa shape index (κ3) is 6.74. The molecule has 4 heteroatoms. The molecule has 0 atom stereocenters. The van der Waals surface area contributed by atoms with Crippen LogP contribution >= 0.6 is 0 Å². The number of carbonyl (C=O) groups excluding carboxylic acids is 2. The Morgan fingerprint density at radius 2 is 1.67 bits per heavy atom. The van der Waals surface area contributed by atoms with E-state index in [4.69, 9.17) is 0 Å². The van der Waals surface area contributed by atoms with E-state index >= 15 is 0 Å². The summed E-state index contributed by atoms with van der Waals surface area (Å²) in [7, 11) is 0. The topological polar surface area (TPSA) is 49.4 Å². The SMILES string of the molecule is CC(=O)C(=O)NCCCCCCN1CCCCC1. The molecule has 0 saturated carbocycles. The van der Waals surface area contributed by atoms with Crippen molar-refractivity contribution >= 4 is 11.7 Å². The first-order valence-corrected chi connectivity index (χ1v) is 7.21. The fraction of sp³-hybridized carbons (Fsp3) is 0.857. The number of piperidine rings is 1. The molecule has 18 heavy (non-hydrogen) atoms. The third-order valence-corrected chi connectivity index (χ3v) is 3.46. The van der Waals surface area contributed by atoms with Crippen molar-refractivity contribution in [3.8, 4) is 0 Å². The summed E-state index contributed by atoms with van der Waals surface area (Å²) >= 11 is 0. The minimum absolute atomic E-state index is 0.403. The van der Waals surface area contributed by atoms with Crippen LogP contribution in [0.2, 0.25) is 0 Å². The second-order valence-electron chi connectivity index (χ2n) is 5.13. The van der Waals surface area contributed by atoms with Crippen LogP contribution in [0, 0.1) is 0 Å². The third-order valence-electron chi connectivity index (χ3n) is 3.46. The van der Waals surface area contributed by atoms with Gasteiger partial charge in [-0.1, -0.05) is 19.3 Å². The van der Waals surface area contributed by atoms with Crippen LogP contribution in [-0.2, 0) is 9.59 Å². The highest BCUT2D eigenvalue weighted by Crippen LogP contribution is 2.10. The van der Waals surface area contributed by atoms with E-state index in [-0.39, 0.29) is 0 Å². The number of hydrogen-bond donors (Lipinski definition) is 1. The molecule has 1 rings (SSSR count). The van der Waals surface area contributed by atoms with Gasteiger partial charge in [0, 0.05) is 13.5 Å². The summed E-state index contributed by atoms with van der Waals surface area (Å²) < 4.78 is 0. The van der Waals surface area contributed by atoms with Crippen molar-refractivity contribution in [1.82, 2.24) is 10.2 Å². The van der Waals surface area contributed by atoms with Crippen molar-refractivity contribution in [3.63, 3.8) is 0 Å². The van der Waals surface area contributed by atoms with E-state index in [2.05, 4.69) is 10.2 Å². The molecule has 4 nitrogen and oxygen atoms in total. The van der Waals surface area contributed by atoms with Gasteiger partial charge in [-0.2, -0.15) is 0 Å². The zero-order valence-corrected chi connectivity index (χ0v) is 11.5. The van der Waals surface area contributed by atoms with Crippen LogP contribution in [0.15, 0.2) is 0 Å². The molecule has 1 fully saturated rings. The van der Waals surface area contributed by atoms with Gasteiger partial charge in [0.2, 0.25) is 5.78 Å². The molecule has 0 spiro atoms. The Hall–Kier alpha value is -0.900. The molecule has 0 aliphatic carbocycles. The van der Waals surface area contributed by atoms with Gasteiger partial charge >= 0.3 is 0 Å². The number of nitrogens with zero attached hydrogens (tertiary/aromatic N) is 1. The zero-order valence-electron chi connectivity index (χ0n) is 11.5. The second-order valence-corrected chi connectivity index (χ2v) is 5.13. The normalized spacial score (nSPS) is 16.5. The van der Waals surface area contributed by atoms with Crippen LogP contribution in [0.4, 0.5) is 0 Å². The standard InChI is InChI=1S/C14H26N2O2/c1-13(17)14(18)15-9-5-2-3-6-10-16-11-7-4-8-12-16/h2-12H2,1H3,(H,15,18). The maximum absolute atomic E-state index is 11.0. The minimum atomic E-state index is -0.455. The van der Waals surface area contributed by atoms with E-state index in [9.17, 15) is 9.59 Å². The Morgan fingerprint density at radius 3 is 2.33 bits per heavy atom. The first-order valence-electron chi connectivity index (χ1n) is 7.21. The minimum Gasteiger partial charge on any atom is -0.350 e. The fourth-order valence-electron chi connectivity index (χ4n) is 2.32.